The zero-order valence-electron chi connectivity index (χ0n) is 30.4. The molecule has 0 bridgehead atoms. The van der Waals surface area contributed by atoms with Crippen molar-refractivity contribution in [3.63, 3.8) is 0 Å². The summed E-state index contributed by atoms with van der Waals surface area (Å²) >= 11 is 0. The Morgan fingerprint density at radius 1 is 0.731 bits per heavy atom. The van der Waals surface area contributed by atoms with E-state index in [0.717, 1.165) is 6.42 Å². The van der Waals surface area contributed by atoms with Crippen LogP contribution >= 0.6 is 0 Å². The third-order valence-corrected chi connectivity index (χ3v) is 9.80. The minimum absolute atomic E-state index is 0.0215. The lowest BCUT2D eigenvalue weighted by molar-refractivity contribution is -0.380. The summed E-state index contributed by atoms with van der Waals surface area (Å²) in [5, 5.41) is 99.2. The van der Waals surface area contributed by atoms with Crippen LogP contribution in [0.5, 0.6) is 0 Å². The number of rotatable bonds is 20. The van der Waals surface area contributed by atoms with Crippen molar-refractivity contribution >= 4 is 5.91 Å². The number of unbranched alkanes of at least 4 members (excludes halogenated alkanes) is 1. The van der Waals surface area contributed by atoms with Gasteiger partial charge in [0.15, 0.2) is 12.6 Å². The molecule has 19 heteroatoms. The monoisotopic (exact) mass is 758 g/mol. The molecule has 3 heterocycles. The second-order valence-corrected chi connectivity index (χ2v) is 14.0. The van der Waals surface area contributed by atoms with Crippen molar-refractivity contribution in [2.45, 2.75) is 163 Å². The van der Waals surface area contributed by atoms with E-state index in [4.69, 9.17) is 38.9 Å². The minimum Gasteiger partial charge on any atom is -0.394 e. The molecule has 0 radical (unpaired) electrons. The van der Waals surface area contributed by atoms with Gasteiger partial charge in [0.1, 0.15) is 79.4 Å². The van der Waals surface area contributed by atoms with Crippen molar-refractivity contribution in [2.24, 2.45) is 5.73 Å². The number of hydrogen-bond donors (Lipinski definition) is 11. The number of nitrogens with one attached hydrogen (secondary N) is 1. The number of hydrogen-bond acceptors (Lipinski definition) is 18. The highest BCUT2D eigenvalue weighted by Crippen LogP contribution is 2.36. The van der Waals surface area contributed by atoms with Crippen LogP contribution < -0.4 is 11.1 Å². The van der Waals surface area contributed by atoms with Crippen LogP contribution in [0.1, 0.15) is 59.8 Å². The molecule has 0 spiro atoms. The van der Waals surface area contributed by atoms with Gasteiger partial charge in [0.25, 0.3) is 0 Å². The summed E-state index contributed by atoms with van der Waals surface area (Å²) in [5.74, 6) is -0.174. The Morgan fingerprint density at radius 3 is 1.85 bits per heavy atom. The van der Waals surface area contributed by atoms with Gasteiger partial charge in [0, 0.05) is 13.0 Å². The molecule has 15 atom stereocenters. The minimum atomic E-state index is -1.89. The maximum atomic E-state index is 12.1. The molecule has 52 heavy (non-hydrogen) atoms. The number of carbonyl (C=O) groups excluding carboxylic acids is 1. The second-order valence-electron chi connectivity index (χ2n) is 14.0. The van der Waals surface area contributed by atoms with E-state index in [-0.39, 0.29) is 19.1 Å². The van der Waals surface area contributed by atoms with Crippen LogP contribution in [0.3, 0.4) is 0 Å². The Kier molecular flexibility index (Phi) is 18.4. The lowest BCUT2D eigenvalue weighted by atomic mass is 9.86. The first-order chi connectivity index (χ1) is 24.7. The van der Waals surface area contributed by atoms with Gasteiger partial charge in [0.05, 0.1) is 38.1 Å². The Bertz CT molecular complexity index is 1040. The van der Waals surface area contributed by atoms with E-state index in [1.165, 1.54) is 0 Å². The summed E-state index contributed by atoms with van der Waals surface area (Å²) in [6, 6.07) is 0. The van der Waals surface area contributed by atoms with Crippen molar-refractivity contribution in [1.82, 2.24) is 5.32 Å². The number of amides is 1. The summed E-state index contributed by atoms with van der Waals surface area (Å²) in [7, 11) is 0. The number of aliphatic hydroxyl groups excluding tert-OH is 9. The van der Waals surface area contributed by atoms with Crippen molar-refractivity contribution < 1.29 is 83.9 Å². The van der Waals surface area contributed by atoms with Gasteiger partial charge in [-0.2, -0.15) is 0 Å². The van der Waals surface area contributed by atoms with Gasteiger partial charge >= 0.3 is 0 Å². The molecule has 3 aliphatic rings. The molecule has 0 saturated carbocycles. The van der Waals surface area contributed by atoms with Gasteiger partial charge in [-0.3, -0.25) is 4.79 Å². The van der Waals surface area contributed by atoms with Gasteiger partial charge in [-0.1, -0.05) is 13.8 Å². The van der Waals surface area contributed by atoms with E-state index in [9.17, 15) is 50.8 Å². The lowest BCUT2D eigenvalue weighted by Gasteiger charge is -2.50. The summed E-state index contributed by atoms with van der Waals surface area (Å²) in [6.07, 6.45) is -21.0. The molecular weight excluding hydrogens is 696 g/mol. The molecule has 3 aliphatic heterocycles. The Hall–Kier alpha value is -1.21. The third-order valence-electron chi connectivity index (χ3n) is 9.80. The normalized spacial score (nSPS) is 38.8. The van der Waals surface area contributed by atoms with Crippen LogP contribution in [0.2, 0.25) is 0 Å². The molecule has 0 aromatic heterocycles. The lowest BCUT2D eigenvalue weighted by Crippen LogP contribution is -2.68. The van der Waals surface area contributed by atoms with E-state index in [1.54, 1.807) is 13.8 Å². The number of ether oxygens (including phenoxy) is 7. The molecule has 1 amide bonds. The molecule has 3 rings (SSSR count). The average Bonchev–Trinajstić information content (AvgIpc) is 3.12. The molecular formula is C33H62N2O17. The van der Waals surface area contributed by atoms with E-state index in [2.05, 4.69) is 5.32 Å². The SMILES string of the molecule is CCC(CC)OC1C(O)[C@H](O)C(CO)O[C@@H]1OC1C(O)[C@@H](OC2C(O)[C@@H](C(C)(C)OCCNC(=O)CCCCN)OC(CO)[C@H]2O)OC(CO)[C@H]1O. The van der Waals surface area contributed by atoms with Crippen LogP contribution in [-0.4, -0.2) is 195 Å². The summed E-state index contributed by atoms with van der Waals surface area (Å²) < 4.78 is 41.1. The van der Waals surface area contributed by atoms with Gasteiger partial charge < -0.3 is 90.2 Å². The summed E-state index contributed by atoms with van der Waals surface area (Å²) in [5.41, 5.74) is 4.18. The quantitative estimate of drug-likeness (QED) is 0.0524. The highest BCUT2D eigenvalue weighted by atomic mass is 16.7. The molecule has 9 unspecified atom stereocenters. The molecule has 0 aromatic rings. The van der Waals surface area contributed by atoms with Crippen molar-refractivity contribution in [3.8, 4) is 0 Å². The molecule has 12 N–H and O–H groups in total. The summed E-state index contributed by atoms with van der Waals surface area (Å²) in [6.45, 7) is 5.33. The molecule has 3 fully saturated rings. The molecule has 19 nitrogen and oxygen atoms in total. The first-order valence-electron chi connectivity index (χ1n) is 18.1. The average molecular weight is 759 g/mol. The number of carbonyl (C=O) groups is 1. The first-order valence-corrected chi connectivity index (χ1v) is 18.1. The van der Waals surface area contributed by atoms with Crippen LogP contribution in [0.4, 0.5) is 0 Å². The topological polar surface area (TPSA) is 302 Å². The second kappa shape index (κ2) is 21.2. The maximum absolute atomic E-state index is 12.1. The van der Waals surface area contributed by atoms with Gasteiger partial charge in [-0.25, -0.2) is 0 Å². The predicted molar refractivity (Wildman–Crippen MR) is 178 cm³/mol. The first kappa shape index (κ1) is 45.2. The van der Waals surface area contributed by atoms with Crippen LogP contribution in [0.15, 0.2) is 0 Å². The van der Waals surface area contributed by atoms with E-state index < -0.39 is 123 Å². The van der Waals surface area contributed by atoms with Gasteiger partial charge in [-0.05, 0) is 46.1 Å². The molecule has 3 saturated heterocycles. The zero-order valence-corrected chi connectivity index (χ0v) is 30.4. The van der Waals surface area contributed by atoms with Crippen LogP contribution in [0.25, 0.3) is 0 Å². The highest BCUT2D eigenvalue weighted by molar-refractivity contribution is 5.75. The standard InChI is InChI=1S/C33H62N2O17/c1-5-16(6-2)47-29-24(43)21(40)17(13-36)50-32(29)52-28-23(42)19(15-38)49-31(26(28)45)51-27-22(41)18(14-37)48-30(25(27)44)33(3,4)46-12-11-35-20(39)9-7-8-10-34/h16-19,21-32,36-38,40-45H,5-15,34H2,1-4H3,(H,35,39)/t17?,18?,19?,21-,22-,23-,24?,25?,26?,27?,28?,29?,30+,31-,32-/m1/s1. The van der Waals surface area contributed by atoms with Crippen LogP contribution in [0, 0.1) is 0 Å². The van der Waals surface area contributed by atoms with Gasteiger partial charge in [0.2, 0.25) is 5.91 Å². The fraction of sp³-hybridized carbons (Fsp3) is 0.970. The Labute approximate surface area is 303 Å². The Morgan fingerprint density at radius 2 is 1.27 bits per heavy atom. The summed E-state index contributed by atoms with van der Waals surface area (Å²) in [4.78, 5) is 12.1. The zero-order chi connectivity index (χ0) is 38.7. The van der Waals surface area contributed by atoms with E-state index in [0.29, 0.717) is 32.2 Å². The molecule has 306 valence electrons. The predicted octanol–water partition coefficient (Wildman–Crippen LogP) is -4.27. The fourth-order valence-electron chi connectivity index (χ4n) is 6.58. The van der Waals surface area contributed by atoms with Crippen molar-refractivity contribution in [1.29, 1.82) is 0 Å². The Balaban J connectivity index is 1.79. The van der Waals surface area contributed by atoms with Crippen LogP contribution in [-0.2, 0) is 38.0 Å². The maximum Gasteiger partial charge on any atom is 0.220 e. The van der Waals surface area contributed by atoms with Crippen molar-refractivity contribution in [2.75, 3.05) is 39.5 Å². The smallest absolute Gasteiger partial charge is 0.220 e. The van der Waals surface area contributed by atoms with E-state index in [1.807, 2.05) is 13.8 Å². The number of nitrogens with two attached hydrogens (primary N) is 1. The molecule has 0 aliphatic carbocycles. The highest BCUT2D eigenvalue weighted by Gasteiger charge is 2.56. The largest absolute Gasteiger partial charge is 0.394 e. The molecule has 0 aromatic carbocycles. The third kappa shape index (κ3) is 11.2. The number of aliphatic hydroxyl groups is 9. The van der Waals surface area contributed by atoms with E-state index >= 15 is 0 Å². The van der Waals surface area contributed by atoms with Crippen molar-refractivity contribution in [3.05, 3.63) is 0 Å². The fourth-order valence-corrected chi connectivity index (χ4v) is 6.58. The van der Waals surface area contributed by atoms with Gasteiger partial charge in [-0.15, -0.1) is 0 Å².